The number of pyridine rings is 1. The molecule has 1 aliphatic heterocycles. The van der Waals surface area contributed by atoms with E-state index in [1.54, 1.807) is 0 Å². The summed E-state index contributed by atoms with van der Waals surface area (Å²) in [6.07, 6.45) is 4.19. The maximum absolute atomic E-state index is 11.6. The van der Waals surface area contributed by atoms with Crippen molar-refractivity contribution in [3.63, 3.8) is 0 Å². The number of hydrogen-bond donors (Lipinski definition) is 1. The minimum absolute atomic E-state index is 0. The van der Waals surface area contributed by atoms with E-state index in [0.29, 0.717) is 13.0 Å². The van der Waals surface area contributed by atoms with Gasteiger partial charge in [0.2, 0.25) is 5.91 Å². The van der Waals surface area contributed by atoms with Gasteiger partial charge in [-0.2, -0.15) is 0 Å². The predicted octanol–water partition coefficient (Wildman–Crippen LogP) is 3.74. The molecule has 0 bridgehead atoms. The number of hydrogen-bond acceptors (Lipinski definition) is 5. The second-order valence-electron chi connectivity index (χ2n) is 5.84. The molecule has 0 aliphatic carbocycles. The van der Waals surface area contributed by atoms with E-state index >= 15 is 0 Å². The van der Waals surface area contributed by atoms with Gasteiger partial charge in [-0.15, -0.1) is 17.0 Å². The van der Waals surface area contributed by atoms with Gasteiger partial charge in [0.15, 0.2) is 0 Å². The Bertz CT molecular complexity index is 750. The number of aryl methyl sites for hydroxylation is 1. The maximum atomic E-state index is 11.6. The van der Waals surface area contributed by atoms with Crippen LogP contribution >= 0.6 is 28.7 Å². The molecule has 0 spiro atoms. The van der Waals surface area contributed by atoms with Crippen LogP contribution in [0.2, 0.25) is 0 Å². The summed E-state index contributed by atoms with van der Waals surface area (Å²) in [7, 11) is 0. The number of ether oxygens (including phenoxy) is 1. The fourth-order valence-corrected chi connectivity index (χ4v) is 3.41. The lowest BCUT2D eigenvalue weighted by molar-refractivity contribution is -0.118. The molecule has 0 saturated carbocycles. The van der Waals surface area contributed by atoms with Crippen molar-refractivity contribution in [2.75, 3.05) is 6.61 Å². The Morgan fingerprint density at radius 3 is 2.42 bits per heavy atom. The number of thioether (sulfide) groups is 1. The monoisotopic (exact) mass is 436 g/mol. The van der Waals surface area contributed by atoms with Gasteiger partial charge in [0, 0.05) is 18.3 Å². The third-order valence-corrected chi connectivity index (χ3v) is 5.01. The van der Waals surface area contributed by atoms with Crippen LogP contribution in [0.1, 0.15) is 23.7 Å². The summed E-state index contributed by atoms with van der Waals surface area (Å²) < 4.78 is 5.75. The third kappa shape index (κ3) is 5.57. The smallest absolute Gasteiger partial charge is 0.286 e. The van der Waals surface area contributed by atoms with Crippen LogP contribution < -0.4 is 10.1 Å². The summed E-state index contributed by atoms with van der Waals surface area (Å²) in [6, 6.07) is 11.8. The molecule has 1 saturated heterocycles. The van der Waals surface area contributed by atoms with Crippen molar-refractivity contribution in [1.82, 2.24) is 10.3 Å². The van der Waals surface area contributed by atoms with Crippen LogP contribution in [0.15, 0.2) is 42.6 Å². The highest BCUT2D eigenvalue weighted by atomic mass is 79.9. The topological polar surface area (TPSA) is 68.3 Å². The number of amides is 2. The van der Waals surface area contributed by atoms with Gasteiger partial charge in [0.25, 0.3) is 5.24 Å². The van der Waals surface area contributed by atoms with Crippen molar-refractivity contribution in [1.29, 1.82) is 0 Å². The van der Waals surface area contributed by atoms with E-state index in [0.717, 1.165) is 41.6 Å². The molecule has 2 aromatic rings. The highest BCUT2D eigenvalue weighted by Crippen LogP contribution is 2.23. The van der Waals surface area contributed by atoms with Gasteiger partial charge in [-0.25, -0.2) is 0 Å². The van der Waals surface area contributed by atoms with Crippen molar-refractivity contribution in [2.24, 2.45) is 0 Å². The molecule has 2 amide bonds. The zero-order valence-corrected chi connectivity index (χ0v) is 17.0. The fourth-order valence-electron chi connectivity index (χ4n) is 2.55. The molecule has 1 unspecified atom stereocenters. The van der Waals surface area contributed by atoms with Crippen molar-refractivity contribution >= 4 is 39.9 Å². The van der Waals surface area contributed by atoms with Crippen LogP contribution in [0.25, 0.3) is 0 Å². The highest BCUT2D eigenvalue weighted by Gasteiger charge is 2.31. The normalized spacial score (nSPS) is 16.1. The summed E-state index contributed by atoms with van der Waals surface area (Å²) in [6.45, 7) is 2.67. The molecule has 1 fully saturated rings. The molecule has 1 atom stereocenters. The minimum atomic E-state index is -0.337. The highest BCUT2D eigenvalue weighted by molar-refractivity contribution is 8.93. The van der Waals surface area contributed by atoms with E-state index in [-0.39, 0.29) is 33.4 Å². The lowest BCUT2D eigenvalue weighted by atomic mass is 10.1. The van der Waals surface area contributed by atoms with Crippen molar-refractivity contribution in [3.8, 4) is 5.75 Å². The van der Waals surface area contributed by atoms with Crippen LogP contribution in [0.5, 0.6) is 5.75 Å². The van der Waals surface area contributed by atoms with Crippen molar-refractivity contribution in [3.05, 3.63) is 59.4 Å². The second kappa shape index (κ2) is 9.73. The summed E-state index contributed by atoms with van der Waals surface area (Å²) in [5, 5.41) is 1.70. The van der Waals surface area contributed by atoms with E-state index < -0.39 is 0 Å². The lowest BCUT2D eigenvalue weighted by Gasteiger charge is -2.09. The summed E-state index contributed by atoms with van der Waals surface area (Å²) in [5.74, 6) is 0.574. The Balaban J connectivity index is 0.00000243. The summed E-state index contributed by atoms with van der Waals surface area (Å²) >= 11 is 1.05. The van der Waals surface area contributed by atoms with Crippen LogP contribution in [0, 0.1) is 0 Å². The zero-order chi connectivity index (χ0) is 17.6. The SMILES string of the molecule is Br.CCc1ccc(CCOc2ccc(CC3SC(=O)NC3=O)cc2)nc1. The van der Waals surface area contributed by atoms with Gasteiger partial charge in [-0.1, -0.05) is 36.9 Å². The van der Waals surface area contributed by atoms with E-state index in [2.05, 4.69) is 23.3 Å². The van der Waals surface area contributed by atoms with Gasteiger partial charge in [0.05, 0.1) is 11.9 Å². The van der Waals surface area contributed by atoms with E-state index in [1.165, 1.54) is 5.56 Å². The number of carbonyl (C=O) groups is 2. The minimum Gasteiger partial charge on any atom is -0.493 e. The van der Waals surface area contributed by atoms with Gasteiger partial charge in [-0.05, 0) is 42.2 Å². The number of rotatable bonds is 7. The molecular formula is C19H21BrN2O3S. The molecule has 7 heteroatoms. The average molecular weight is 437 g/mol. The number of imide groups is 1. The average Bonchev–Trinajstić information content (AvgIpc) is 2.94. The van der Waals surface area contributed by atoms with Crippen molar-refractivity contribution < 1.29 is 14.3 Å². The molecule has 3 rings (SSSR count). The zero-order valence-electron chi connectivity index (χ0n) is 14.4. The standard InChI is InChI=1S/C19H20N2O3S.BrH/c1-2-13-3-6-15(20-12-13)9-10-24-16-7-4-14(5-8-16)11-17-18(22)21-19(23)25-17;/h3-8,12,17H,2,9-11H2,1H3,(H,21,22,23);1H. The van der Waals surface area contributed by atoms with Gasteiger partial charge >= 0.3 is 0 Å². The molecule has 138 valence electrons. The van der Waals surface area contributed by atoms with Crippen LogP contribution in [-0.4, -0.2) is 28.0 Å². The summed E-state index contributed by atoms with van der Waals surface area (Å²) in [5.41, 5.74) is 3.25. The summed E-state index contributed by atoms with van der Waals surface area (Å²) in [4.78, 5) is 27.2. The molecular weight excluding hydrogens is 416 g/mol. The molecule has 2 heterocycles. The molecule has 0 radical (unpaired) electrons. The molecule has 5 nitrogen and oxygen atoms in total. The van der Waals surface area contributed by atoms with Crippen molar-refractivity contribution in [2.45, 2.75) is 31.4 Å². The molecule has 1 aromatic carbocycles. The van der Waals surface area contributed by atoms with E-state index in [1.807, 2.05) is 36.5 Å². The Morgan fingerprint density at radius 1 is 1.12 bits per heavy atom. The molecule has 1 N–H and O–H groups in total. The Hall–Kier alpha value is -1.86. The quantitative estimate of drug-likeness (QED) is 0.715. The van der Waals surface area contributed by atoms with Crippen LogP contribution in [-0.2, 0) is 24.1 Å². The fraction of sp³-hybridized carbons (Fsp3) is 0.316. The van der Waals surface area contributed by atoms with Crippen LogP contribution in [0.4, 0.5) is 4.79 Å². The second-order valence-corrected chi connectivity index (χ2v) is 7.02. The van der Waals surface area contributed by atoms with E-state index in [9.17, 15) is 9.59 Å². The molecule has 1 aromatic heterocycles. The first-order valence-corrected chi connectivity index (χ1v) is 9.19. The number of nitrogens with zero attached hydrogens (tertiary/aromatic N) is 1. The molecule has 1 aliphatic rings. The Labute approximate surface area is 167 Å². The number of halogens is 1. The maximum Gasteiger partial charge on any atom is 0.286 e. The van der Waals surface area contributed by atoms with Gasteiger partial charge < -0.3 is 4.74 Å². The predicted molar refractivity (Wildman–Crippen MR) is 108 cm³/mol. The number of benzene rings is 1. The largest absolute Gasteiger partial charge is 0.493 e. The number of aromatic nitrogens is 1. The third-order valence-electron chi connectivity index (χ3n) is 4.03. The number of carbonyl (C=O) groups excluding carboxylic acids is 2. The first-order valence-electron chi connectivity index (χ1n) is 8.31. The first-order chi connectivity index (χ1) is 12.1. The Kier molecular flexibility index (Phi) is 7.66. The van der Waals surface area contributed by atoms with Gasteiger partial charge in [0.1, 0.15) is 5.75 Å². The first kappa shape index (κ1) is 20.5. The number of nitrogens with one attached hydrogen (secondary N) is 1. The van der Waals surface area contributed by atoms with Crippen LogP contribution in [0.3, 0.4) is 0 Å². The van der Waals surface area contributed by atoms with Gasteiger partial charge in [-0.3, -0.25) is 19.9 Å². The Morgan fingerprint density at radius 2 is 1.85 bits per heavy atom. The van der Waals surface area contributed by atoms with E-state index in [4.69, 9.17) is 4.74 Å². The lowest BCUT2D eigenvalue weighted by Crippen LogP contribution is -2.25. The molecule has 26 heavy (non-hydrogen) atoms.